The summed E-state index contributed by atoms with van der Waals surface area (Å²) in [5.41, 5.74) is 0. The van der Waals surface area contributed by atoms with Crippen molar-refractivity contribution < 1.29 is 9.90 Å². The zero-order valence-corrected chi connectivity index (χ0v) is 11.2. The summed E-state index contributed by atoms with van der Waals surface area (Å²) in [4.78, 5) is 13.2. The summed E-state index contributed by atoms with van der Waals surface area (Å²) < 4.78 is 0. The lowest BCUT2D eigenvalue weighted by Gasteiger charge is -1.86. The second-order valence-corrected chi connectivity index (χ2v) is 3.48. The van der Waals surface area contributed by atoms with E-state index in [0.29, 0.717) is 0 Å². The van der Waals surface area contributed by atoms with Gasteiger partial charge in [-0.3, -0.25) is 9.78 Å². The maximum Gasteiger partial charge on any atom is 0.303 e. The quantitative estimate of drug-likeness (QED) is 0.803. The molecule has 0 aliphatic rings. The van der Waals surface area contributed by atoms with Crippen molar-refractivity contribution in [3.8, 4) is 0 Å². The van der Waals surface area contributed by atoms with Crippen molar-refractivity contribution in [1.29, 1.82) is 0 Å². The van der Waals surface area contributed by atoms with Gasteiger partial charge in [0.15, 0.2) is 0 Å². The summed E-state index contributed by atoms with van der Waals surface area (Å²) in [7, 11) is 0. The van der Waals surface area contributed by atoms with Gasteiger partial charge in [-0.05, 0) is 12.1 Å². The van der Waals surface area contributed by atoms with Crippen LogP contribution in [0.2, 0.25) is 0 Å². The third-order valence-corrected chi connectivity index (χ3v) is 1.83. The van der Waals surface area contributed by atoms with Gasteiger partial charge in [0.1, 0.15) is 0 Å². The molecule has 0 fully saturated rings. The number of hydrogen-bond acceptors (Lipinski definition) is 2. The van der Waals surface area contributed by atoms with Crippen molar-refractivity contribution in [1.82, 2.24) is 4.98 Å². The van der Waals surface area contributed by atoms with Crippen LogP contribution >= 0.6 is 0 Å². The fourth-order valence-electron chi connectivity index (χ4n) is 0.813. The zero-order valence-electron chi connectivity index (χ0n) is 11.2. The molecule has 1 N–H and O–H groups in total. The van der Waals surface area contributed by atoms with Gasteiger partial charge in [-0.25, -0.2) is 0 Å². The first-order valence-electron chi connectivity index (χ1n) is 6.25. The van der Waals surface area contributed by atoms with E-state index < -0.39 is 5.97 Å². The van der Waals surface area contributed by atoms with Gasteiger partial charge in [0.2, 0.25) is 0 Å². The number of nitrogens with zero attached hydrogens (tertiary/aromatic N) is 1. The van der Waals surface area contributed by atoms with Gasteiger partial charge < -0.3 is 5.11 Å². The Kier molecular flexibility index (Phi) is 18.0. The molecule has 0 radical (unpaired) electrons. The van der Waals surface area contributed by atoms with E-state index in [2.05, 4.69) is 18.8 Å². The highest BCUT2D eigenvalue weighted by Gasteiger charge is 1.80. The van der Waals surface area contributed by atoms with Crippen LogP contribution in [0.4, 0.5) is 0 Å². The zero-order chi connectivity index (χ0) is 13.4. The van der Waals surface area contributed by atoms with Crippen molar-refractivity contribution in [3.05, 3.63) is 30.6 Å². The molecule has 98 valence electrons. The van der Waals surface area contributed by atoms with Gasteiger partial charge >= 0.3 is 5.97 Å². The lowest BCUT2D eigenvalue weighted by atomic mass is 10.2. The van der Waals surface area contributed by atoms with Crippen molar-refractivity contribution in [2.45, 2.75) is 52.9 Å². The van der Waals surface area contributed by atoms with E-state index in [1.165, 1.54) is 25.7 Å². The molecule has 1 aromatic heterocycles. The number of rotatable bonds is 4. The van der Waals surface area contributed by atoms with E-state index in [1.807, 2.05) is 18.2 Å². The van der Waals surface area contributed by atoms with Crippen molar-refractivity contribution >= 4 is 5.97 Å². The highest BCUT2D eigenvalue weighted by molar-refractivity contribution is 5.66. The average molecular weight is 239 g/mol. The van der Waals surface area contributed by atoms with Crippen molar-refractivity contribution in [2.24, 2.45) is 0 Å². The van der Waals surface area contributed by atoms with Crippen molar-refractivity contribution in [3.63, 3.8) is 0 Å². The second-order valence-electron chi connectivity index (χ2n) is 3.48. The lowest BCUT2D eigenvalue weighted by molar-refractivity contribution is -0.136. The molecule has 0 atom stereocenters. The summed E-state index contributed by atoms with van der Waals surface area (Å²) in [5, 5.41) is 7.72. The van der Waals surface area contributed by atoms with Crippen LogP contribution in [0, 0.1) is 0 Å². The second kappa shape index (κ2) is 17.0. The minimum Gasteiger partial charge on any atom is -0.481 e. The van der Waals surface area contributed by atoms with Crippen LogP contribution in [0.5, 0.6) is 0 Å². The monoisotopic (exact) mass is 239 g/mol. The summed E-state index contributed by atoms with van der Waals surface area (Å²) in [6, 6.07) is 5.72. The topological polar surface area (TPSA) is 50.2 Å². The highest BCUT2D eigenvalue weighted by Crippen LogP contribution is 1.95. The van der Waals surface area contributed by atoms with E-state index in [0.717, 1.165) is 0 Å². The third kappa shape index (κ3) is 25.2. The van der Waals surface area contributed by atoms with Crippen molar-refractivity contribution in [2.75, 3.05) is 0 Å². The van der Waals surface area contributed by atoms with Gasteiger partial charge in [0.05, 0.1) is 0 Å². The molecule has 0 unspecified atom stereocenters. The summed E-state index contributed by atoms with van der Waals surface area (Å²) >= 11 is 0. The minimum absolute atomic E-state index is 0.222. The van der Waals surface area contributed by atoms with Gasteiger partial charge in [-0.2, -0.15) is 0 Å². The molecule has 0 amide bonds. The number of hydrogen-bond donors (Lipinski definition) is 1. The molecule has 3 heteroatoms. The Morgan fingerprint density at radius 3 is 1.53 bits per heavy atom. The number of carboxylic acids is 1. The molecule has 17 heavy (non-hydrogen) atoms. The maximum atomic E-state index is 9.37. The van der Waals surface area contributed by atoms with Gasteiger partial charge in [-0.1, -0.05) is 52.5 Å². The average Bonchev–Trinajstić information content (AvgIpc) is 2.39. The van der Waals surface area contributed by atoms with Crippen LogP contribution in [0.25, 0.3) is 0 Å². The van der Waals surface area contributed by atoms with Gasteiger partial charge in [0, 0.05) is 18.8 Å². The molecule has 0 aliphatic carbocycles. The number of carbonyl (C=O) groups is 1. The molecule has 0 aromatic carbocycles. The Labute approximate surface area is 105 Å². The normalized spacial score (nSPS) is 8.18. The fraction of sp³-hybridized carbons (Fsp3) is 0.571. The van der Waals surface area contributed by atoms with Crippen LogP contribution in [0.1, 0.15) is 52.9 Å². The Bertz CT molecular complexity index is 207. The first-order chi connectivity index (χ1) is 8.18. The number of aromatic nitrogens is 1. The highest BCUT2D eigenvalue weighted by atomic mass is 16.4. The SMILES string of the molecule is CCC(=O)O.CCCCCC.c1ccncc1. The molecule has 1 aromatic rings. The largest absolute Gasteiger partial charge is 0.481 e. The van der Waals surface area contributed by atoms with Crippen LogP contribution in [0.15, 0.2) is 30.6 Å². The molecule has 0 saturated carbocycles. The fourth-order valence-corrected chi connectivity index (χ4v) is 0.813. The van der Waals surface area contributed by atoms with E-state index in [4.69, 9.17) is 5.11 Å². The van der Waals surface area contributed by atoms with E-state index >= 15 is 0 Å². The summed E-state index contributed by atoms with van der Waals surface area (Å²) in [5.74, 6) is -0.745. The molecule has 3 nitrogen and oxygen atoms in total. The van der Waals surface area contributed by atoms with Crippen LogP contribution in [-0.2, 0) is 4.79 Å². The Balaban J connectivity index is 0. The maximum absolute atomic E-state index is 9.37. The standard InChI is InChI=1S/C6H14.C5H5N.C3H6O2/c1-3-5-6-4-2;1-2-4-6-5-3-1;1-2-3(4)5/h3-6H2,1-2H3;1-5H;2H2,1H3,(H,4,5). The predicted octanol–water partition coefficient (Wildman–Crippen LogP) is 4.15. The van der Waals surface area contributed by atoms with E-state index in [-0.39, 0.29) is 6.42 Å². The molecule has 0 aliphatic heterocycles. The van der Waals surface area contributed by atoms with Crippen LogP contribution < -0.4 is 0 Å². The Morgan fingerprint density at radius 2 is 1.41 bits per heavy atom. The molecule has 1 heterocycles. The van der Waals surface area contributed by atoms with E-state index in [1.54, 1.807) is 19.3 Å². The molecular formula is C14H25NO2. The predicted molar refractivity (Wildman–Crippen MR) is 72.0 cm³/mol. The molecule has 0 saturated heterocycles. The first kappa shape index (κ1) is 18.0. The van der Waals surface area contributed by atoms with Gasteiger partial charge in [0.25, 0.3) is 0 Å². The summed E-state index contributed by atoms with van der Waals surface area (Å²) in [6.45, 7) is 6.06. The minimum atomic E-state index is -0.745. The first-order valence-corrected chi connectivity index (χ1v) is 6.25. The smallest absolute Gasteiger partial charge is 0.303 e. The molecule has 0 bridgehead atoms. The Hall–Kier alpha value is -1.38. The Morgan fingerprint density at radius 1 is 1.00 bits per heavy atom. The number of aliphatic carboxylic acids is 1. The summed E-state index contributed by atoms with van der Waals surface area (Å²) in [6.07, 6.45) is 9.26. The number of carboxylic acid groups (broad SMARTS) is 1. The van der Waals surface area contributed by atoms with Gasteiger partial charge in [-0.15, -0.1) is 0 Å². The number of unbranched alkanes of at least 4 members (excludes halogenated alkanes) is 3. The van der Waals surface area contributed by atoms with E-state index in [9.17, 15) is 4.79 Å². The molecule has 0 spiro atoms. The van der Waals surface area contributed by atoms with Crippen LogP contribution in [-0.4, -0.2) is 16.1 Å². The van der Waals surface area contributed by atoms with Crippen LogP contribution in [0.3, 0.4) is 0 Å². The third-order valence-electron chi connectivity index (χ3n) is 1.83. The number of pyridine rings is 1. The molecule has 1 rings (SSSR count). The molecular weight excluding hydrogens is 214 g/mol. The lowest BCUT2D eigenvalue weighted by Crippen LogP contribution is -1.86.